The molecule has 0 spiro atoms. The Morgan fingerprint density at radius 1 is 1.06 bits per heavy atom. The normalized spacial score (nSPS) is 13.8. The minimum atomic E-state index is -0.262. The molecule has 0 radical (unpaired) electrons. The first kappa shape index (κ1) is 22.0. The highest BCUT2D eigenvalue weighted by Gasteiger charge is 2.22. The first-order valence-electron chi connectivity index (χ1n) is 11.0. The van der Waals surface area contributed by atoms with E-state index < -0.39 is 0 Å². The van der Waals surface area contributed by atoms with Gasteiger partial charge in [0, 0.05) is 36.9 Å². The van der Waals surface area contributed by atoms with Crippen LogP contribution < -0.4 is 19.9 Å². The Bertz CT molecular complexity index is 1300. The number of fused-ring (bicyclic) bond motifs is 1. The molecule has 3 heterocycles. The molecule has 2 aromatic heterocycles. The van der Waals surface area contributed by atoms with Gasteiger partial charge in [0.1, 0.15) is 24.4 Å². The van der Waals surface area contributed by atoms with Crippen molar-refractivity contribution in [2.45, 2.75) is 6.54 Å². The molecule has 34 heavy (non-hydrogen) atoms. The van der Waals surface area contributed by atoms with E-state index in [0.29, 0.717) is 22.1 Å². The lowest BCUT2D eigenvalue weighted by molar-refractivity contribution is -0.116. The van der Waals surface area contributed by atoms with Crippen LogP contribution in [0.1, 0.15) is 0 Å². The minimum Gasteiger partial charge on any atom is -0.495 e. The number of piperazine rings is 1. The van der Waals surface area contributed by atoms with E-state index in [1.54, 1.807) is 29.1 Å². The molecule has 174 valence electrons. The molecule has 1 N–H and O–H groups in total. The highest BCUT2D eigenvalue weighted by atomic mass is 35.5. The van der Waals surface area contributed by atoms with Gasteiger partial charge in [-0.2, -0.15) is 5.10 Å². The summed E-state index contributed by atoms with van der Waals surface area (Å²) in [5.41, 5.74) is 2.34. The van der Waals surface area contributed by atoms with E-state index in [0.717, 1.165) is 37.4 Å². The van der Waals surface area contributed by atoms with Crippen LogP contribution in [0.25, 0.3) is 11.0 Å². The summed E-state index contributed by atoms with van der Waals surface area (Å²) in [6.45, 7) is 3.46. The van der Waals surface area contributed by atoms with Crippen molar-refractivity contribution in [1.82, 2.24) is 19.7 Å². The van der Waals surface area contributed by atoms with Gasteiger partial charge in [0.05, 0.1) is 24.4 Å². The zero-order valence-electron chi connectivity index (χ0n) is 18.7. The number of nitrogens with zero attached hydrogens (tertiary/aromatic N) is 6. The van der Waals surface area contributed by atoms with Crippen LogP contribution in [-0.2, 0) is 11.3 Å². The molecular weight excluding hydrogens is 454 g/mol. The SMILES string of the molecule is COc1ccc(Cl)cc1NC(=O)Cn1ncc2c(N3CCN(c4ccccc4)CC3)ncnc21. The molecule has 1 aliphatic rings. The second kappa shape index (κ2) is 9.56. The van der Waals surface area contributed by atoms with Crippen LogP contribution in [0.15, 0.2) is 61.1 Å². The van der Waals surface area contributed by atoms with Crippen LogP contribution in [0, 0.1) is 0 Å². The summed E-state index contributed by atoms with van der Waals surface area (Å²) >= 11 is 6.06. The van der Waals surface area contributed by atoms with E-state index >= 15 is 0 Å². The molecule has 1 saturated heterocycles. The van der Waals surface area contributed by atoms with Gasteiger partial charge in [-0.3, -0.25) is 4.79 Å². The number of benzene rings is 2. The third kappa shape index (κ3) is 4.47. The molecule has 1 amide bonds. The summed E-state index contributed by atoms with van der Waals surface area (Å²) < 4.78 is 6.88. The summed E-state index contributed by atoms with van der Waals surface area (Å²) in [6.07, 6.45) is 3.25. The Morgan fingerprint density at radius 3 is 2.59 bits per heavy atom. The molecule has 10 heteroatoms. The Balaban J connectivity index is 1.30. The van der Waals surface area contributed by atoms with E-state index in [-0.39, 0.29) is 12.5 Å². The van der Waals surface area contributed by atoms with Crippen molar-refractivity contribution in [1.29, 1.82) is 0 Å². The van der Waals surface area contributed by atoms with Crippen LogP contribution in [0.2, 0.25) is 5.02 Å². The summed E-state index contributed by atoms with van der Waals surface area (Å²) in [5, 5.41) is 8.58. The maximum atomic E-state index is 12.7. The predicted octanol–water partition coefficient (Wildman–Crippen LogP) is 3.45. The predicted molar refractivity (Wildman–Crippen MR) is 133 cm³/mol. The van der Waals surface area contributed by atoms with Crippen molar-refractivity contribution in [2.24, 2.45) is 0 Å². The van der Waals surface area contributed by atoms with Gasteiger partial charge < -0.3 is 19.9 Å². The van der Waals surface area contributed by atoms with Crippen molar-refractivity contribution in [3.05, 3.63) is 66.1 Å². The number of aromatic nitrogens is 4. The van der Waals surface area contributed by atoms with Gasteiger partial charge in [-0.15, -0.1) is 0 Å². The van der Waals surface area contributed by atoms with Crippen LogP contribution in [0.4, 0.5) is 17.2 Å². The van der Waals surface area contributed by atoms with Crippen molar-refractivity contribution in [2.75, 3.05) is 48.4 Å². The molecule has 0 aliphatic carbocycles. The zero-order valence-corrected chi connectivity index (χ0v) is 19.4. The second-order valence-electron chi connectivity index (χ2n) is 7.94. The number of carbonyl (C=O) groups is 1. The maximum absolute atomic E-state index is 12.7. The number of carbonyl (C=O) groups excluding carboxylic acids is 1. The van der Waals surface area contributed by atoms with Gasteiger partial charge in [0.2, 0.25) is 5.91 Å². The number of methoxy groups -OCH3 is 1. The number of halogens is 1. The smallest absolute Gasteiger partial charge is 0.246 e. The van der Waals surface area contributed by atoms with Gasteiger partial charge in [-0.05, 0) is 30.3 Å². The zero-order chi connectivity index (χ0) is 23.5. The van der Waals surface area contributed by atoms with Crippen LogP contribution in [0.3, 0.4) is 0 Å². The number of ether oxygens (including phenoxy) is 1. The average Bonchev–Trinajstić information content (AvgIpc) is 3.27. The van der Waals surface area contributed by atoms with Gasteiger partial charge in [0.25, 0.3) is 0 Å². The highest BCUT2D eigenvalue weighted by Crippen LogP contribution is 2.28. The van der Waals surface area contributed by atoms with E-state index in [1.807, 2.05) is 6.07 Å². The number of nitrogens with one attached hydrogen (secondary N) is 1. The molecule has 4 aromatic rings. The standard InChI is InChI=1S/C24H24ClN7O2/c1-34-21-8-7-17(25)13-20(21)29-22(33)15-32-24-19(14-28-32)23(26-16-27-24)31-11-9-30(10-12-31)18-5-3-2-4-6-18/h2-8,13-14,16H,9-12,15H2,1H3,(H,29,33). The lowest BCUT2D eigenvalue weighted by Crippen LogP contribution is -2.46. The van der Waals surface area contributed by atoms with E-state index in [9.17, 15) is 4.79 Å². The number of rotatable bonds is 6. The van der Waals surface area contributed by atoms with Crippen molar-refractivity contribution in [3.63, 3.8) is 0 Å². The Labute approximate surface area is 201 Å². The lowest BCUT2D eigenvalue weighted by atomic mass is 10.2. The minimum absolute atomic E-state index is 0.00257. The molecule has 1 fully saturated rings. The summed E-state index contributed by atoms with van der Waals surface area (Å²) in [7, 11) is 1.54. The molecule has 1 aliphatic heterocycles. The Morgan fingerprint density at radius 2 is 1.82 bits per heavy atom. The fourth-order valence-corrected chi connectivity index (χ4v) is 4.34. The van der Waals surface area contributed by atoms with Gasteiger partial charge in [0.15, 0.2) is 5.65 Å². The highest BCUT2D eigenvalue weighted by molar-refractivity contribution is 6.31. The van der Waals surface area contributed by atoms with Gasteiger partial charge in [-0.25, -0.2) is 14.6 Å². The third-order valence-electron chi connectivity index (χ3n) is 5.84. The summed E-state index contributed by atoms with van der Waals surface area (Å²) in [4.78, 5) is 26.3. The fraction of sp³-hybridized carbons (Fsp3) is 0.250. The Kier molecular flexibility index (Phi) is 6.18. The van der Waals surface area contributed by atoms with Crippen LogP contribution in [-0.4, -0.2) is 58.9 Å². The summed E-state index contributed by atoms with van der Waals surface area (Å²) in [6, 6.07) is 15.5. The first-order chi connectivity index (χ1) is 16.6. The largest absolute Gasteiger partial charge is 0.495 e. The summed E-state index contributed by atoms with van der Waals surface area (Å²) in [5.74, 6) is 1.10. The topological polar surface area (TPSA) is 88.4 Å². The van der Waals surface area contributed by atoms with Crippen LogP contribution >= 0.6 is 11.6 Å². The van der Waals surface area contributed by atoms with E-state index in [4.69, 9.17) is 16.3 Å². The maximum Gasteiger partial charge on any atom is 0.246 e. The number of hydrogen-bond donors (Lipinski definition) is 1. The quantitative estimate of drug-likeness (QED) is 0.455. The molecule has 0 unspecified atom stereocenters. The lowest BCUT2D eigenvalue weighted by Gasteiger charge is -2.36. The number of amides is 1. The first-order valence-corrected chi connectivity index (χ1v) is 11.3. The van der Waals surface area contributed by atoms with Gasteiger partial charge in [-0.1, -0.05) is 29.8 Å². The molecule has 2 aromatic carbocycles. The average molecular weight is 478 g/mol. The molecule has 5 rings (SSSR count). The van der Waals surface area contributed by atoms with E-state index in [1.165, 1.54) is 19.1 Å². The van der Waals surface area contributed by atoms with Crippen molar-refractivity contribution in [3.8, 4) is 5.75 Å². The van der Waals surface area contributed by atoms with Crippen LogP contribution in [0.5, 0.6) is 5.75 Å². The van der Waals surface area contributed by atoms with Gasteiger partial charge >= 0.3 is 0 Å². The van der Waals surface area contributed by atoms with Crippen molar-refractivity contribution >= 4 is 45.7 Å². The second-order valence-corrected chi connectivity index (χ2v) is 8.38. The number of anilines is 3. The third-order valence-corrected chi connectivity index (χ3v) is 6.08. The Hall–Kier alpha value is -3.85. The number of hydrogen-bond acceptors (Lipinski definition) is 7. The molecule has 9 nitrogen and oxygen atoms in total. The number of para-hydroxylation sites is 1. The molecular formula is C24H24ClN7O2. The van der Waals surface area contributed by atoms with E-state index in [2.05, 4.69) is 54.4 Å². The molecule has 0 saturated carbocycles. The van der Waals surface area contributed by atoms with Crippen molar-refractivity contribution < 1.29 is 9.53 Å². The fourth-order valence-electron chi connectivity index (χ4n) is 4.17. The molecule has 0 bridgehead atoms. The molecule has 0 atom stereocenters. The monoisotopic (exact) mass is 477 g/mol.